The van der Waals surface area contributed by atoms with Crippen LogP contribution in [0, 0.1) is 31.5 Å². The molecule has 48 heavy (non-hydrogen) atoms. The summed E-state index contributed by atoms with van der Waals surface area (Å²) >= 11 is 1.32. The molecule has 1 aliphatic heterocycles. The van der Waals surface area contributed by atoms with Crippen molar-refractivity contribution in [3.63, 3.8) is 0 Å². The van der Waals surface area contributed by atoms with E-state index < -0.39 is 0 Å². The molecule has 1 fully saturated rings. The fourth-order valence-corrected chi connectivity index (χ4v) is 7.19. The van der Waals surface area contributed by atoms with Gasteiger partial charge in [0.25, 0.3) is 0 Å². The first-order chi connectivity index (χ1) is 23.3. The molecule has 0 amide bonds. The number of nitrogens with zero attached hydrogens (tertiary/aromatic N) is 2. The number of nitrogens with one attached hydrogen (secondary N) is 1. The molecule has 1 saturated heterocycles. The molecule has 2 aromatic heterocycles. The van der Waals surface area contributed by atoms with Crippen molar-refractivity contribution in [2.45, 2.75) is 59.2 Å². The molecule has 0 saturated carbocycles. The van der Waals surface area contributed by atoms with E-state index in [4.69, 9.17) is 14.2 Å². The number of aromatic nitrogens is 2. The Morgan fingerprint density at radius 2 is 1.58 bits per heavy atom. The summed E-state index contributed by atoms with van der Waals surface area (Å²) in [6.45, 7) is 10.2. The second kappa shape index (κ2) is 15.4. The smallest absolute Gasteiger partial charge is 0.206 e. The molecule has 9 heteroatoms. The highest BCUT2D eigenvalue weighted by atomic mass is 32.1. The molecule has 6 rings (SSSR count). The number of halogens is 1. The quantitative estimate of drug-likeness (QED) is 0.128. The summed E-state index contributed by atoms with van der Waals surface area (Å²) in [6, 6.07) is 28.5. The number of ketones is 1. The zero-order valence-corrected chi connectivity index (χ0v) is 28.6. The van der Waals surface area contributed by atoms with Gasteiger partial charge < -0.3 is 24.1 Å². The number of aryl methyl sites for hydroxylation is 1. The monoisotopic (exact) mass is 667 g/mol. The molecule has 5 aromatic rings. The fourth-order valence-electron chi connectivity index (χ4n) is 6.41. The van der Waals surface area contributed by atoms with Gasteiger partial charge in [-0.2, -0.15) is 0 Å². The van der Waals surface area contributed by atoms with E-state index in [1.165, 1.54) is 23.5 Å². The van der Waals surface area contributed by atoms with Crippen molar-refractivity contribution in [3.05, 3.63) is 136 Å². The standard InChI is InChI=1S/C39H42FN3O4S/c1-25-19-33(28(4)43(25)32-17-15-31(40)16-18-32)37(44)36-21-42-39(48-36)41-20-34-38(46-23-30-13-9-6-10-14-30)27(3)26(2)35(47-34)24-45-22-29-11-7-5-8-12-29/h5-19,21,26-27,34-35,38H,20,22-24H2,1-4H3,(H,41,42). The van der Waals surface area contributed by atoms with Gasteiger partial charge in [-0.3, -0.25) is 4.79 Å². The Kier molecular flexibility index (Phi) is 10.8. The Morgan fingerprint density at radius 3 is 2.27 bits per heavy atom. The minimum Gasteiger partial charge on any atom is -0.374 e. The first-order valence-electron chi connectivity index (χ1n) is 16.4. The van der Waals surface area contributed by atoms with Crippen LogP contribution in [-0.2, 0) is 27.4 Å². The largest absolute Gasteiger partial charge is 0.374 e. The van der Waals surface area contributed by atoms with Crippen LogP contribution in [0.25, 0.3) is 5.69 Å². The Bertz CT molecular complexity index is 1790. The predicted molar refractivity (Wildman–Crippen MR) is 187 cm³/mol. The third-order valence-corrected chi connectivity index (χ3v) is 10.2. The van der Waals surface area contributed by atoms with E-state index in [-0.39, 0.29) is 41.7 Å². The first kappa shape index (κ1) is 33.7. The van der Waals surface area contributed by atoms with Gasteiger partial charge in [-0.1, -0.05) is 85.8 Å². The van der Waals surface area contributed by atoms with Gasteiger partial charge in [-0.25, -0.2) is 9.37 Å². The van der Waals surface area contributed by atoms with Crippen molar-refractivity contribution in [2.75, 3.05) is 18.5 Å². The van der Waals surface area contributed by atoms with Crippen molar-refractivity contribution in [3.8, 4) is 5.69 Å². The first-order valence-corrected chi connectivity index (χ1v) is 17.2. The van der Waals surface area contributed by atoms with Crippen LogP contribution in [0.1, 0.15) is 51.6 Å². The second-order valence-corrected chi connectivity index (χ2v) is 13.6. The average Bonchev–Trinajstić information content (AvgIpc) is 3.70. The second-order valence-electron chi connectivity index (χ2n) is 12.5. The van der Waals surface area contributed by atoms with Crippen molar-refractivity contribution in [2.24, 2.45) is 11.8 Å². The maximum absolute atomic E-state index is 13.6. The third-order valence-electron chi connectivity index (χ3n) is 9.27. The van der Waals surface area contributed by atoms with Gasteiger partial charge in [0, 0.05) is 29.2 Å². The maximum Gasteiger partial charge on any atom is 0.206 e. The summed E-state index contributed by atoms with van der Waals surface area (Å²) in [4.78, 5) is 18.7. The molecular formula is C39H42FN3O4S. The van der Waals surface area contributed by atoms with Crippen LogP contribution >= 0.6 is 11.3 Å². The zero-order chi connectivity index (χ0) is 33.6. The highest BCUT2D eigenvalue weighted by molar-refractivity contribution is 7.17. The van der Waals surface area contributed by atoms with Crippen LogP contribution in [0.3, 0.4) is 0 Å². The maximum atomic E-state index is 13.6. The average molecular weight is 668 g/mol. The lowest BCUT2D eigenvalue weighted by molar-refractivity contribution is -0.199. The van der Waals surface area contributed by atoms with Crippen LogP contribution in [0.15, 0.2) is 97.2 Å². The number of rotatable bonds is 13. The molecule has 0 radical (unpaired) electrons. The number of thiazole rings is 1. The van der Waals surface area contributed by atoms with Gasteiger partial charge in [0.1, 0.15) is 11.9 Å². The molecule has 3 aromatic carbocycles. The Labute approximate surface area is 285 Å². The number of hydrogen-bond acceptors (Lipinski definition) is 7. The van der Waals surface area contributed by atoms with E-state index in [1.54, 1.807) is 18.3 Å². The third kappa shape index (κ3) is 7.76. The number of carbonyl (C=O) groups is 1. The molecule has 5 atom stereocenters. The zero-order valence-electron chi connectivity index (χ0n) is 27.8. The van der Waals surface area contributed by atoms with Crippen molar-refractivity contribution in [1.82, 2.24) is 9.55 Å². The van der Waals surface area contributed by atoms with Crippen molar-refractivity contribution in [1.29, 1.82) is 0 Å². The van der Waals surface area contributed by atoms with Crippen LogP contribution in [0.4, 0.5) is 9.52 Å². The molecular weight excluding hydrogens is 626 g/mol. The lowest BCUT2D eigenvalue weighted by atomic mass is 9.81. The predicted octanol–water partition coefficient (Wildman–Crippen LogP) is 8.17. The van der Waals surface area contributed by atoms with Crippen LogP contribution in [0.5, 0.6) is 0 Å². The molecule has 1 N–H and O–H groups in total. The van der Waals surface area contributed by atoms with Crippen LogP contribution < -0.4 is 5.32 Å². The Hall–Kier alpha value is -4.15. The summed E-state index contributed by atoms with van der Waals surface area (Å²) in [5.41, 5.74) is 5.33. The van der Waals surface area contributed by atoms with Crippen LogP contribution in [-0.4, -0.2) is 46.8 Å². The lowest BCUT2D eigenvalue weighted by Gasteiger charge is -2.44. The number of ether oxygens (including phenoxy) is 3. The summed E-state index contributed by atoms with van der Waals surface area (Å²) in [7, 11) is 0. The molecule has 0 spiro atoms. The molecule has 1 aliphatic rings. The van der Waals surface area contributed by atoms with E-state index in [9.17, 15) is 9.18 Å². The summed E-state index contributed by atoms with van der Waals surface area (Å²) < 4.78 is 34.9. The van der Waals surface area contributed by atoms with Gasteiger partial charge in [-0.05, 0) is 67.1 Å². The van der Waals surface area contributed by atoms with Gasteiger partial charge in [0.2, 0.25) is 5.78 Å². The number of benzene rings is 3. The van der Waals surface area contributed by atoms with Gasteiger partial charge >= 0.3 is 0 Å². The summed E-state index contributed by atoms with van der Waals surface area (Å²) in [5, 5.41) is 4.08. The molecule has 0 bridgehead atoms. The highest BCUT2D eigenvalue weighted by Gasteiger charge is 2.42. The van der Waals surface area contributed by atoms with E-state index in [0.29, 0.717) is 41.9 Å². The Balaban J connectivity index is 1.14. The minimum atomic E-state index is -0.300. The molecule has 250 valence electrons. The molecule has 3 heterocycles. The van der Waals surface area contributed by atoms with Gasteiger partial charge in [0.15, 0.2) is 5.13 Å². The Morgan fingerprint density at radius 1 is 0.917 bits per heavy atom. The van der Waals surface area contributed by atoms with E-state index in [0.717, 1.165) is 28.2 Å². The van der Waals surface area contributed by atoms with Crippen LogP contribution in [0.2, 0.25) is 0 Å². The summed E-state index contributed by atoms with van der Waals surface area (Å²) in [6.07, 6.45) is 1.10. The number of anilines is 1. The fraction of sp³-hybridized carbons (Fsp3) is 0.333. The van der Waals surface area contributed by atoms with Gasteiger partial charge in [-0.15, -0.1) is 0 Å². The summed E-state index contributed by atoms with van der Waals surface area (Å²) in [5.74, 6) is 0.0315. The number of carbonyl (C=O) groups excluding carboxylic acids is 1. The molecule has 0 aliphatic carbocycles. The highest BCUT2D eigenvalue weighted by Crippen LogP contribution is 2.34. The van der Waals surface area contributed by atoms with Crippen molar-refractivity contribution >= 4 is 22.3 Å². The normalized spacial score (nSPS) is 20.9. The van der Waals surface area contributed by atoms with Gasteiger partial charge in [0.05, 0.1) is 43.1 Å². The lowest BCUT2D eigenvalue weighted by Crippen LogP contribution is -2.54. The molecule has 7 nitrogen and oxygen atoms in total. The SMILES string of the molecule is Cc1cc(C(=O)c2cnc(NCC3OC(COCc4ccccc4)C(C)C(C)C3OCc3ccccc3)s2)c(C)n1-c1ccc(F)cc1. The van der Waals surface area contributed by atoms with E-state index in [2.05, 4.69) is 48.4 Å². The minimum absolute atomic E-state index is 0.0990. The number of hydrogen-bond donors (Lipinski definition) is 1. The molecule has 5 unspecified atom stereocenters. The van der Waals surface area contributed by atoms with E-state index >= 15 is 0 Å². The topological polar surface area (TPSA) is 74.6 Å². The van der Waals surface area contributed by atoms with Crippen molar-refractivity contribution < 1.29 is 23.4 Å². The van der Waals surface area contributed by atoms with E-state index in [1.807, 2.05) is 60.9 Å².